The number of H-pyrrole nitrogens is 1. The minimum atomic E-state index is -0.0317. The van der Waals surface area contributed by atoms with Gasteiger partial charge in [-0.25, -0.2) is 4.98 Å². The first-order valence-electron chi connectivity index (χ1n) is 5.85. The second-order valence-electron chi connectivity index (χ2n) is 5.34. The van der Waals surface area contributed by atoms with Crippen LogP contribution in [0.25, 0.3) is 11.4 Å². The Bertz CT molecular complexity index is 672. The summed E-state index contributed by atoms with van der Waals surface area (Å²) in [5.41, 5.74) is 2.04. The molecule has 0 spiro atoms. The highest BCUT2D eigenvalue weighted by Crippen LogP contribution is 2.30. The summed E-state index contributed by atoms with van der Waals surface area (Å²) < 4.78 is 2.47. The van der Waals surface area contributed by atoms with Gasteiger partial charge in [0.15, 0.2) is 0 Å². The summed E-state index contributed by atoms with van der Waals surface area (Å²) in [6.07, 6.45) is 0. The SMILES string of the molecule is CC(C)(C)c1[nH]c(-c2cccc(Br)c2)nc(=S)c1Br. The van der Waals surface area contributed by atoms with Crippen LogP contribution in [0.15, 0.2) is 33.2 Å². The Morgan fingerprint density at radius 1 is 1.21 bits per heavy atom. The number of nitrogens with zero attached hydrogens (tertiary/aromatic N) is 1. The van der Waals surface area contributed by atoms with Crippen LogP contribution in [0.1, 0.15) is 26.5 Å². The lowest BCUT2D eigenvalue weighted by molar-refractivity contribution is 0.563. The molecule has 0 fully saturated rings. The van der Waals surface area contributed by atoms with Crippen molar-refractivity contribution in [3.05, 3.63) is 43.5 Å². The second-order valence-corrected chi connectivity index (χ2v) is 7.44. The predicted octanol–water partition coefficient (Wildman–Crippen LogP) is 5.63. The first kappa shape index (κ1) is 14.9. The van der Waals surface area contributed by atoms with E-state index in [4.69, 9.17) is 12.2 Å². The minimum Gasteiger partial charge on any atom is -0.342 e. The lowest BCUT2D eigenvalue weighted by Gasteiger charge is -2.21. The van der Waals surface area contributed by atoms with E-state index in [1.807, 2.05) is 24.3 Å². The molecule has 0 atom stereocenters. The molecule has 2 rings (SSSR count). The Labute approximate surface area is 134 Å². The van der Waals surface area contributed by atoms with Gasteiger partial charge in [-0.15, -0.1) is 0 Å². The number of rotatable bonds is 1. The molecule has 19 heavy (non-hydrogen) atoms. The molecule has 1 aromatic carbocycles. The zero-order chi connectivity index (χ0) is 14.2. The van der Waals surface area contributed by atoms with Crippen molar-refractivity contribution in [2.75, 3.05) is 0 Å². The van der Waals surface area contributed by atoms with E-state index in [2.05, 4.69) is 62.6 Å². The first-order chi connectivity index (χ1) is 8.79. The van der Waals surface area contributed by atoms with Crippen LogP contribution >= 0.6 is 44.1 Å². The number of nitrogens with one attached hydrogen (secondary N) is 1. The molecule has 0 unspecified atom stereocenters. The molecule has 0 amide bonds. The molecule has 0 aliphatic rings. The predicted molar refractivity (Wildman–Crippen MR) is 89.0 cm³/mol. The molecule has 2 nitrogen and oxygen atoms in total. The Kier molecular flexibility index (Phi) is 4.28. The van der Waals surface area contributed by atoms with Gasteiger partial charge in [0.05, 0.1) is 4.47 Å². The monoisotopic (exact) mass is 400 g/mol. The van der Waals surface area contributed by atoms with E-state index in [0.717, 1.165) is 26.0 Å². The highest BCUT2D eigenvalue weighted by Gasteiger charge is 2.20. The standard InChI is InChI=1S/C14H14Br2N2S/c1-14(2,3)11-10(16)13(19)18-12(17-11)8-5-4-6-9(15)7-8/h4-7H,1-3H3,(H,17,18,19). The topological polar surface area (TPSA) is 28.7 Å². The molecule has 100 valence electrons. The van der Waals surface area contributed by atoms with Crippen LogP contribution in [0.3, 0.4) is 0 Å². The van der Waals surface area contributed by atoms with E-state index >= 15 is 0 Å². The van der Waals surface area contributed by atoms with Crippen molar-refractivity contribution in [1.29, 1.82) is 0 Å². The molecular formula is C14H14Br2N2S. The fourth-order valence-corrected chi connectivity index (χ4v) is 3.12. The average molecular weight is 402 g/mol. The number of aromatic nitrogens is 2. The van der Waals surface area contributed by atoms with Gasteiger partial charge in [0, 0.05) is 21.1 Å². The van der Waals surface area contributed by atoms with Crippen molar-refractivity contribution >= 4 is 44.1 Å². The van der Waals surface area contributed by atoms with Crippen LogP contribution < -0.4 is 0 Å². The molecule has 0 aliphatic heterocycles. The minimum absolute atomic E-state index is 0.0317. The van der Waals surface area contributed by atoms with Crippen LogP contribution in [-0.2, 0) is 5.41 Å². The van der Waals surface area contributed by atoms with Crippen molar-refractivity contribution in [3.8, 4) is 11.4 Å². The maximum Gasteiger partial charge on any atom is 0.144 e. The van der Waals surface area contributed by atoms with Crippen molar-refractivity contribution < 1.29 is 0 Å². The van der Waals surface area contributed by atoms with Gasteiger partial charge in [-0.3, -0.25) is 0 Å². The maximum absolute atomic E-state index is 5.34. The number of hydrogen-bond acceptors (Lipinski definition) is 2. The molecule has 1 aromatic heterocycles. The largest absolute Gasteiger partial charge is 0.342 e. The molecule has 0 aliphatic carbocycles. The normalized spacial score (nSPS) is 11.6. The Morgan fingerprint density at radius 2 is 1.89 bits per heavy atom. The fourth-order valence-electron chi connectivity index (χ4n) is 1.75. The Balaban J connectivity index is 2.67. The third-order valence-corrected chi connectivity index (χ3v) is 4.54. The zero-order valence-electron chi connectivity index (χ0n) is 10.9. The van der Waals surface area contributed by atoms with Gasteiger partial charge < -0.3 is 4.98 Å². The molecule has 0 radical (unpaired) electrons. The third kappa shape index (κ3) is 3.33. The summed E-state index contributed by atoms with van der Waals surface area (Å²) >= 11 is 12.3. The quantitative estimate of drug-likeness (QED) is 0.627. The zero-order valence-corrected chi connectivity index (χ0v) is 14.9. The van der Waals surface area contributed by atoms with E-state index in [-0.39, 0.29) is 5.41 Å². The Hall–Kier alpha value is -0.520. The van der Waals surface area contributed by atoms with Crippen LogP contribution in [0, 0.1) is 4.64 Å². The van der Waals surface area contributed by atoms with Crippen LogP contribution in [0.5, 0.6) is 0 Å². The average Bonchev–Trinajstić information content (AvgIpc) is 2.31. The number of aromatic amines is 1. The molecule has 1 N–H and O–H groups in total. The number of benzene rings is 1. The summed E-state index contributed by atoms with van der Waals surface area (Å²) in [5.74, 6) is 0.791. The summed E-state index contributed by atoms with van der Waals surface area (Å²) in [7, 11) is 0. The summed E-state index contributed by atoms with van der Waals surface area (Å²) in [6.45, 7) is 6.43. The van der Waals surface area contributed by atoms with Gasteiger partial charge in [-0.1, -0.05) is 61.1 Å². The third-order valence-electron chi connectivity index (χ3n) is 2.71. The first-order valence-corrected chi connectivity index (χ1v) is 7.84. The van der Waals surface area contributed by atoms with E-state index in [1.54, 1.807) is 0 Å². The van der Waals surface area contributed by atoms with E-state index in [1.165, 1.54) is 0 Å². The lowest BCUT2D eigenvalue weighted by atomic mass is 9.92. The van der Waals surface area contributed by atoms with Gasteiger partial charge in [-0.2, -0.15) is 0 Å². The van der Waals surface area contributed by atoms with Crippen LogP contribution in [0.4, 0.5) is 0 Å². The fraction of sp³-hybridized carbons (Fsp3) is 0.286. The second kappa shape index (κ2) is 5.46. The maximum atomic E-state index is 5.34. The van der Waals surface area contributed by atoms with E-state index in [9.17, 15) is 0 Å². The van der Waals surface area contributed by atoms with E-state index < -0.39 is 0 Å². The molecule has 5 heteroatoms. The summed E-state index contributed by atoms with van der Waals surface area (Å²) in [5, 5.41) is 0. The highest BCUT2D eigenvalue weighted by molar-refractivity contribution is 9.10. The van der Waals surface area contributed by atoms with E-state index in [0.29, 0.717) is 4.64 Å². The van der Waals surface area contributed by atoms with Crippen molar-refractivity contribution in [3.63, 3.8) is 0 Å². The van der Waals surface area contributed by atoms with Crippen LogP contribution in [0.2, 0.25) is 0 Å². The molecule has 0 saturated heterocycles. The lowest BCUT2D eigenvalue weighted by Crippen LogP contribution is -2.16. The summed E-state index contributed by atoms with van der Waals surface area (Å²) in [4.78, 5) is 7.84. The van der Waals surface area contributed by atoms with Crippen LogP contribution in [-0.4, -0.2) is 9.97 Å². The Morgan fingerprint density at radius 3 is 2.47 bits per heavy atom. The molecular weight excluding hydrogens is 388 g/mol. The molecule has 2 aromatic rings. The number of halogens is 2. The highest BCUT2D eigenvalue weighted by atomic mass is 79.9. The number of hydrogen-bond donors (Lipinski definition) is 1. The van der Waals surface area contributed by atoms with Gasteiger partial charge >= 0.3 is 0 Å². The molecule has 0 bridgehead atoms. The molecule has 0 saturated carbocycles. The smallest absolute Gasteiger partial charge is 0.144 e. The van der Waals surface area contributed by atoms with Crippen molar-refractivity contribution in [2.45, 2.75) is 26.2 Å². The van der Waals surface area contributed by atoms with Crippen molar-refractivity contribution in [2.24, 2.45) is 0 Å². The van der Waals surface area contributed by atoms with Gasteiger partial charge in [-0.05, 0) is 28.1 Å². The van der Waals surface area contributed by atoms with Gasteiger partial charge in [0.25, 0.3) is 0 Å². The van der Waals surface area contributed by atoms with Crippen molar-refractivity contribution in [1.82, 2.24) is 9.97 Å². The molecule has 1 heterocycles. The van der Waals surface area contributed by atoms with Gasteiger partial charge in [0.2, 0.25) is 0 Å². The van der Waals surface area contributed by atoms with Gasteiger partial charge in [0.1, 0.15) is 10.5 Å². The summed E-state index contributed by atoms with van der Waals surface area (Å²) in [6, 6.07) is 8.01.